The quantitative estimate of drug-likeness (QED) is 0.182. The van der Waals surface area contributed by atoms with Crippen LogP contribution in [0.15, 0.2) is 59.7 Å². The number of nitrogens with one attached hydrogen (secondary N) is 2. The number of anilines is 2. The summed E-state index contributed by atoms with van der Waals surface area (Å²) in [6, 6.07) is 8.87. The monoisotopic (exact) mass is 646 g/mol. The SMILES string of the molecule is CC(C)(c1nc(Nc2ccc(-n3cccn3)cc2)nc2[nH]c(=O)ccc12)C(F)(F)C(F)(F)C(F)(F)C(F)(F)C(F)(F)C(F)F. The maximum atomic E-state index is 15.5. The lowest BCUT2D eigenvalue weighted by Gasteiger charge is -2.44. The normalized spacial score (nSPS) is 14.0. The fraction of sp³-hybridized carbons (Fsp3) is 0.360. The number of halogens is 12. The fourth-order valence-electron chi connectivity index (χ4n) is 4.10. The van der Waals surface area contributed by atoms with Gasteiger partial charge in [0.25, 0.3) is 0 Å². The van der Waals surface area contributed by atoms with Gasteiger partial charge >= 0.3 is 36.0 Å². The average molecular weight is 646 g/mol. The third-order valence-corrected chi connectivity index (χ3v) is 6.73. The van der Waals surface area contributed by atoms with Crippen LogP contribution in [0.25, 0.3) is 16.7 Å². The molecule has 0 amide bonds. The van der Waals surface area contributed by atoms with Crippen molar-refractivity contribution in [3.8, 4) is 5.69 Å². The molecule has 0 atom stereocenters. The maximum Gasteiger partial charge on any atom is 0.384 e. The Morgan fingerprint density at radius 1 is 0.795 bits per heavy atom. The summed E-state index contributed by atoms with van der Waals surface area (Å²) in [5.74, 6) is -37.0. The van der Waals surface area contributed by atoms with Crippen LogP contribution >= 0.6 is 0 Å². The number of H-pyrrole nitrogens is 1. The first-order chi connectivity index (χ1) is 20.1. The van der Waals surface area contributed by atoms with Crippen molar-refractivity contribution in [1.29, 1.82) is 0 Å². The van der Waals surface area contributed by atoms with Crippen LogP contribution in [-0.2, 0) is 5.41 Å². The van der Waals surface area contributed by atoms with Crippen molar-refractivity contribution in [2.45, 2.75) is 55.3 Å². The molecule has 0 aliphatic heterocycles. The zero-order chi connectivity index (χ0) is 33.1. The summed E-state index contributed by atoms with van der Waals surface area (Å²) in [5, 5.41) is 5.87. The Bertz CT molecular complexity index is 1700. The standard InChI is InChI=1S/C25H18F12N6O/c1-20(2,22(30,31)24(34,35)25(36,37)23(32,33)21(28,29)18(26)27)16-14-8-9-15(44)40-17(14)42-19(41-16)39-12-4-6-13(7-5-12)43-11-3-10-38-43/h3-11,18H,1-2H3,(H2,39,40,41,42,44). The average Bonchev–Trinajstić information content (AvgIpc) is 3.47. The Kier molecular flexibility index (Phi) is 7.70. The first-order valence-corrected chi connectivity index (χ1v) is 12.1. The molecule has 238 valence electrons. The third-order valence-electron chi connectivity index (χ3n) is 6.73. The molecule has 1 aromatic carbocycles. The predicted molar refractivity (Wildman–Crippen MR) is 131 cm³/mol. The van der Waals surface area contributed by atoms with E-state index in [9.17, 15) is 48.7 Å². The largest absolute Gasteiger partial charge is 0.384 e. The lowest BCUT2D eigenvalue weighted by atomic mass is 9.75. The number of fused-ring (bicyclic) bond motifs is 1. The second-order valence-corrected chi connectivity index (χ2v) is 9.95. The van der Waals surface area contributed by atoms with Crippen molar-refractivity contribution in [2.75, 3.05) is 5.32 Å². The van der Waals surface area contributed by atoms with Gasteiger partial charge in [0.15, 0.2) is 0 Å². The van der Waals surface area contributed by atoms with Gasteiger partial charge in [-0.05, 0) is 50.2 Å². The second-order valence-electron chi connectivity index (χ2n) is 9.95. The number of rotatable bonds is 10. The molecule has 2 N–H and O–H groups in total. The highest BCUT2D eigenvalue weighted by Crippen LogP contribution is 2.61. The van der Waals surface area contributed by atoms with E-state index >= 15 is 8.78 Å². The van der Waals surface area contributed by atoms with Gasteiger partial charge in [-0.2, -0.15) is 54.0 Å². The van der Waals surface area contributed by atoms with E-state index in [0.29, 0.717) is 11.8 Å². The summed E-state index contributed by atoms with van der Waals surface area (Å²) in [7, 11) is 0. The molecule has 3 heterocycles. The molecule has 0 unspecified atom stereocenters. The molecule has 0 aliphatic rings. The van der Waals surface area contributed by atoms with Crippen molar-refractivity contribution >= 4 is 22.7 Å². The number of nitrogens with zero attached hydrogens (tertiary/aromatic N) is 4. The highest BCUT2D eigenvalue weighted by atomic mass is 19.4. The van der Waals surface area contributed by atoms with Crippen LogP contribution in [0.5, 0.6) is 0 Å². The van der Waals surface area contributed by atoms with Gasteiger partial charge in [0.05, 0.1) is 16.8 Å². The summed E-state index contributed by atoms with van der Waals surface area (Å²) in [6.07, 6.45) is -2.53. The molecular formula is C25H18F12N6O. The van der Waals surface area contributed by atoms with Crippen LogP contribution in [0.1, 0.15) is 19.5 Å². The molecule has 4 rings (SSSR count). The summed E-state index contributed by atoms with van der Waals surface area (Å²) in [5.41, 5.74) is -5.81. The first-order valence-electron chi connectivity index (χ1n) is 12.1. The molecular weight excluding hydrogens is 628 g/mol. The predicted octanol–water partition coefficient (Wildman–Crippen LogP) is 6.97. The van der Waals surface area contributed by atoms with Gasteiger partial charge in [0.1, 0.15) is 5.65 Å². The minimum absolute atomic E-state index is 0.139. The summed E-state index contributed by atoms with van der Waals surface area (Å²) < 4.78 is 170. The van der Waals surface area contributed by atoms with E-state index < -0.39 is 69.7 Å². The van der Waals surface area contributed by atoms with Gasteiger partial charge in [-0.3, -0.25) is 4.79 Å². The van der Waals surface area contributed by atoms with Gasteiger partial charge in [0, 0.05) is 29.5 Å². The Hall–Kier alpha value is -4.32. The van der Waals surface area contributed by atoms with Crippen LogP contribution in [0, 0.1) is 0 Å². The Labute approximate surface area is 237 Å². The van der Waals surface area contributed by atoms with Gasteiger partial charge in [-0.1, -0.05) is 0 Å². The van der Waals surface area contributed by atoms with E-state index in [1.165, 1.54) is 35.1 Å². The van der Waals surface area contributed by atoms with Gasteiger partial charge in [-0.25, -0.2) is 18.4 Å². The minimum Gasteiger partial charge on any atom is -0.324 e. The van der Waals surface area contributed by atoms with Gasteiger partial charge in [-0.15, -0.1) is 0 Å². The highest BCUT2D eigenvalue weighted by molar-refractivity contribution is 5.80. The number of aromatic nitrogens is 5. The molecule has 0 saturated heterocycles. The number of hydrogen-bond acceptors (Lipinski definition) is 5. The molecule has 19 heteroatoms. The number of benzene rings is 1. The van der Waals surface area contributed by atoms with E-state index in [4.69, 9.17) is 0 Å². The highest BCUT2D eigenvalue weighted by Gasteiger charge is 2.89. The van der Waals surface area contributed by atoms with E-state index in [-0.39, 0.29) is 19.5 Å². The van der Waals surface area contributed by atoms with Crippen molar-refractivity contribution in [1.82, 2.24) is 24.7 Å². The van der Waals surface area contributed by atoms with Crippen molar-refractivity contribution < 1.29 is 52.7 Å². The Morgan fingerprint density at radius 2 is 1.39 bits per heavy atom. The van der Waals surface area contributed by atoms with E-state index in [1.807, 2.05) is 0 Å². The van der Waals surface area contributed by atoms with Crippen molar-refractivity contribution in [3.63, 3.8) is 0 Å². The van der Waals surface area contributed by atoms with E-state index in [0.717, 1.165) is 6.07 Å². The number of alkyl halides is 12. The summed E-state index contributed by atoms with van der Waals surface area (Å²) in [4.78, 5) is 21.6. The Morgan fingerprint density at radius 3 is 1.93 bits per heavy atom. The van der Waals surface area contributed by atoms with Crippen molar-refractivity contribution in [3.05, 3.63) is 70.9 Å². The van der Waals surface area contributed by atoms with Crippen LogP contribution in [0.3, 0.4) is 0 Å². The smallest absolute Gasteiger partial charge is 0.324 e. The van der Waals surface area contributed by atoms with E-state index in [1.54, 1.807) is 12.3 Å². The van der Waals surface area contributed by atoms with Crippen LogP contribution in [0.4, 0.5) is 64.3 Å². The molecule has 0 aliphatic carbocycles. The first kappa shape index (κ1) is 32.6. The molecule has 3 aromatic heterocycles. The lowest BCUT2D eigenvalue weighted by molar-refractivity contribution is -0.418. The molecule has 0 spiro atoms. The Balaban J connectivity index is 1.83. The second kappa shape index (κ2) is 10.4. The number of aromatic amines is 1. The summed E-state index contributed by atoms with van der Waals surface area (Å²) >= 11 is 0. The molecule has 4 aromatic rings. The van der Waals surface area contributed by atoms with Gasteiger partial charge < -0.3 is 10.3 Å². The maximum absolute atomic E-state index is 15.5. The van der Waals surface area contributed by atoms with E-state index in [2.05, 4.69) is 25.4 Å². The zero-order valence-corrected chi connectivity index (χ0v) is 22.0. The molecule has 0 bridgehead atoms. The van der Waals surface area contributed by atoms with Crippen LogP contribution < -0.4 is 10.9 Å². The van der Waals surface area contributed by atoms with Crippen molar-refractivity contribution in [2.24, 2.45) is 0 Å². The third kappa shape index (κ3) is 4.81. The molecule has 0 fully saturated rings. The molecule has 44 heavy (non-hydrogen) atoms. The lowest BCUT2D eigenvalue weighted by Crippen LogP contribution is -2.71. The van der Waals surface area contributed by atoms with Crippen LogP contribution in [-0.4, -0.2) is 60.8 Å². The minimum atomic E-state index is -7.73. The summed E-state index contributed by atoms with van der Waals surface area (Å²) in [6.45, 7) is 0.297. The molecule has 7 nitrogen and oxygen atoms in total. The fourth-order valence-corrected chi connectivity index (χ4v) is 4.10. The topological polar surface area (TPSA) is 88.5 Å². The number of hydrogen-bond donors (Lipinski definition) is 2. The number of pyridine rings is 1. The van der Waals surface area contributed by atoms with Gasteiger partial charge in [0.2, 0.25) is 11.5 Å². The zero-order valence-electron chi connectivity index (χ0n) is 22.0. The van der Waals surface area contributed by atoms with Crippen LogP contribution in [0.2, 0.25) is 0 Å². The molecule has 0 saturated carbocycles. The molecule has 0 radical (unpaired) electrons.